The molecular weight excluding hydrogens is 228 g/mol. The van der Waals surface area contributed by atoms with Gasteiger partial charge in [-0.1, -0.05) is 32.1 Å². The fourth-order valence-corrected chi connectivity index (χ4v) is 2.82. The molecule has 2 fully saturated rings. The van der Waals surface area contributed by atoms with Crippen molar-refractivity contribution in [1.82, 2.24) is 10.2 Å². The molecule has 0 aromatic rings. The molecule has 4 heteroatoms. The summed E-state index contributed by atoms with van der Waals surface area (Å²) in [5.41, 5.74) is 0. The predicted molar refractivity (Wildman–Crippen MR) is 71.5 cm³/mol. The van der Waals surface area contributed by atoms with E-state index in [0.29, 0.717) is 25.8 Å². The zero-order valence-electron chi connectivity index (χ0n) is 11.3. The van der Waals surface area contributed by atoms with Crippen LogP contribution in [0.4, 0.5) is 0 Å². The van der Waals surface area contributed by atoms with Gasteiger partial charge in [-0.3, -0.25) is 4.79 Å². The van der Waals surface area contributed by atoms with Crippen LogP contribution in [0.5, 0.6) is 0 Å². The summed E-state index contributed by atoms with van der Waals surface area (Å²) < 4.78 is 5.26. The smallest absolute Gasteiger partial charge is 0.236 e. The first-order valence-corrected chi connectivity index (χ1v) is 7.45. The van der Waals surface area contributed by atoms with Gasteiger partial charge in [0.05, 0.1) is 19.8 Å². The Morgan fingerprint density at radius 3 is 2.33 bits per heavy atom. The first-order chi connectivity index (χ1) is 8.86. The van der Waals surface area contributed by atoms with Crippen LogP contribution in [0.3, 0.4) is 0 Å². The van der Waals surface area contributed by atoms with E-state index in [0.717, 1.165) is 13.1 Å². The van der Waals surface area contributed by atoms with Crippen molar-refractivity contribution < 1.29 is 9.53 Å². The highest BCUT2D eigenvalue weighted by Crippen LogP contribution is 2.16. The highest BCUT2D eigenvalue weighted by Gasteiger charge is 2.18. The lowest BCUT2D eigenvalue weighted by atomic mass is 9.97. The minimum atomic E-state index is 0.236. The maximum absolute atomic E-state index is 12.0. The van der Waals surface area contributed by atoms with Crippen LogP contribution in [0.1, 0.15) is 44.9 Å². The Hall–Kier alpha value is -0.610. The Bertz CT molecular complexity index is 244. The Labute approximate surface area is 110 Å². The Kier molecular flexibility index (Phi) is 5.94. The van der Waals surface area contributed by atoms with Gasteiger partial charge in [0.25, 0.3) is 0 Å². The van der Waals surface area contributed by atoms with Crippen LogP contribution in [-0.2, 0) is 9.53 Å². The molecule has 0 atom stereocenters. The standard InChI is InChI=1S/C14H26N2O2/c17-14(16-8-10-18-11-9-16)12-15-13-6-4-2-1-3-5-7-13/h13,15H,1-12H2. The van der Waals surface area contributed by atoms with Gasteiger partial charge in [-0.15, -0.1) is 0 Å². The largest absolute Gasteiger partial charge is 0.378 e. The molecule has 104 valence electrons. The van der Waals surface area contributed by atoms with E-state index in [-0.39, 0.29) is 5.91 Å². The summed E-state index contributed by atoms with van der Waals surface area (Å²) in [7, 11) is 0. The van der Waals surface area contributed by atoms with E-state index in [1.165, 1.54) is 44.9 Å². The normalized spacial score (nSPS) is 23.4. The molecule has 1 heterocycles. The van der Waals surface area contributed by atoms with Gasteiger partial charge < -0.3 is 15.0 Å². The molecule has 18 heavy (non-hydrogen) atoms. The number of ether oxygens (including phenoxy) is 1. The summed E-state index contributed by atoms with van der Waals surface area (Å²) in [6, 6.07) is 0.551. The van der Waals surface area contributed by atoms with E-state index in [4.69, 9.17) is 4.74 Å². The molecule has 1 aliphatic heterocycles. The second-order valence-electron chi connectivity index (χ2n) is 5.42. The maximum atomic E-state index is 12.0. The summed E-state index contributed by atoms with van der Waals surface area (Å²) >= 11 is 0. The van der Waals surface area contributed by atoms with Gasteiger partial charge in [-0.25, -0.2) is 0 Å². The van der Waals surface area contributed by atoms with Gasteiger partial charge >= 0.3 is 0 Å². The third-order valence-electron chi connectivity index (χ3n) is 4.01. The van der Waals surface area contributed by atoms with Gasteiger partial charge in [-0.05, 0) is 12.8 Å². The topological polar surface area (TPSA) is 41.6 Å². The summed E-state index contributed by atoms with van der Waals surface area (Å²) in [4.78, 5) is 13.9. The fraction of sp³-hybridized carbons (Fsp3) is 0.929. The Morgan fingerprint density at radius 1 is 1.06 bits per heavy atom. The number of morpholine rings is 1. The van der Waals surface area contributed by atoms with E-state index in [2.05, 4.69) is 5.32 Å². The fourth-order valence-electron chi connectivity index (χ4n) is 2.82. The minimum absolute atomic E-state index is 0.236. The van der Waals surface area contributed by atoms with Crippen LogP contribution < -0.4 is 5.32 Å². The lowest BCUT2D eigenvalue weighted by Crippen LogP contribution is -2.46. The Morgan fingerprint density at radius 2 is 1.67 bits per heavy atom. The molecule has 0 unspecified atom stereocenters. The van der Waals surface area contributed by atoms with Gasteiger partial charge in [0.2, 0.25) is 5.91 Å². The summed E-state index contributed by atoms with van der Waals surface area (Å²) in [6.45, 7) is 3.39. The summed E-state index contributed by atoms with van der Waals surface area (Å²) in [5.74, 6) is 0.236. The Balaban J connectivity index is 1.67. The molecule has 0 radical (unpaired) electrons. The molecule has 0 bridgehead atoms. The number of amides is 1. The van der Waals surface area contributed by atoms with E-state index >= 15 is 0 Å². The lowest BCUT2D eigenvalue weighted by molar-refractivity contribution is -0.134. The number of rotatable bonds is 3. The second-order valence-corrected chi connectivity index (χ2v) is 5.42. The average Bonchev–Trinajstić information content (AvgIpc) is 2.38. The first kappa shape index (κ1) is 13.8. The zero-order valence-corrected chi connectivity index (χ0v) is 11.3. The van der Waals surface area contributed by atoms with Crippen LogP contribution in [0.15, 0.2) is 0 Å². The van der Waals surface area contributed by atoms with Gasteiger partial charge in [0.15, 0.2) is 0 Å². The van der Waals surface area contributed by atoms with E-state index in [1.54, 1.807) is 0 Å². The van der Waals surface area contributed by atoms with E-state index in [1.807, 2.05) is 4.90 Å². The SMILES string of the molecule is O=C(CNC1CCCCCCC1)N1CCOCC1. The molecule has 1 amide bonds. The maximum Gasteiger partial charge on any atom is 0.236 e. The van der Waals surface area contributed by atoms with Gasteiger partial charge in [-0.2, -0.15) is 0 Å². The molecule has 1 saturated heterocycles. The quantitative estimate of drug-likeness (QED) is 0.831. The average molecular weight is 254 g/mol. The number of carbonyl (C=O) groups excluding carboxylic acids is 1. The predicted octanol–water partition coefficient (Wildman–Crippen LogP) is 1.55. The zero-order chi connectivity index (χ0) is 12.6. The monoisotopic (exact) mass is 254 g/mol. The van der Waals surface area contributed by atoms with Crippen molar-refractivity contribution in [3.05, 3.63) is 0 Å². The van der Waals surface area contributed by atoms with E-state index in [9.17, 15) is 4.79 Å². The summed E-state index contributed by atoms with van der Waals surface area (Å²) in [5, 5.41) is 3.45. The van der Waals surface area contributed by atoms with Crippen molar-refractivity contribution in [2.75, 3.05) is 32.8 Å². The number of hydrogen-bond acceptors (Lipinski definition) is 3. The van der Waals surface area contributed by atoms with E-state index < -0.39 is 0 Å². The minimum Gasteiger partial charge on any atom is -0.378 e. The van der Waals surface area contributed by atoms with Crippen LogP contribution in [0, 0.1) is 0 Å². The molecule has 4 nitrogen and oxygen atoms in total. The third-order valence-corrected chi connectivity index (χ3v) is 4.01. The number of nitrogens with one attached hydrogen (secondary N) is 1. The van der Waals surface area contributed by atoms with Crippen LogP contribution in [-0.4, -0.2) is 49.7 Å². The highest BCUT2D eigenvalue weighted by molar-refractivity contribution is 5.78. The molecule has 0 aromatic carbocycles. The van der Waals surface area contributed by atoms with Crippen molar-refractivity contribution in [2.24, 2.45) is 0 Å². The van der Waals surface area contributed by atoms with Crippen molar-refractivity contribution in [3.8, 4) is 0 Å². The molecule has 0 aromatic heterocycles. The lowest BCUT2D eigenvalue weighted by Gasteiger charge is -2.28. The van der Waals surface area contributed by atoms with Crippen molar-refractivity contribution >= 4 is 5.91 Å². The molecule has 1 N–H and O–H groups in total. The van der Waals surface area contributed by atoms with Crippen LogP contribution in [0.25, 0.3) is 0 Å². The number of hydrogen-bond donors (Lipinski definition) is 1. The molecular formula is C14H26N2O2. The molecule has 0 spiro atoms. The molecule has 1 aliphatic carbocycles. The molecule has 1 saturated carbocycles. The van der Waals surface area contributed by atoms with Crippen LogP contribution >= 0.6 is 0 Å². The van der Waals surface area contributed by atoms with Crippen molar-refractivity contribution in [1.29, 1.82) is 0 Å². The van der Waals surface area contributed by atoms with Gasteiger partial charge in [0.1, 0.15) is 0 Å². The number of carbonyl (C=O) groups is 1. The summed E-state index contributed by atoms with van der Waals surface area (Å²) in [6.07, 6.45) is 9.18. The van der Waals surface area contributed by atoms with Crippen LogP contribution in [0.2, 0.25) is 0 Å². The number of nitrogens with zero attached hydrogens (tertiary/aromatic N) is 1. The second kappa shape index (κ2) is 7.74. The van der Waals surface area contributed by atoms with Crippen molar-refractivity contribution in [3.63, 3.8) is 0 Å². The molecule has 2 aliphatic rings. The third kappa shape index (κ3) is 4.58. The molecule has 2 rings (SSSR count). The highest BCUT2D eigenvalue weighted by atomic mass is 16.5. The van der Waals surface area contributed by atoms with Crippen molar-refractivity contribution in [2.45, 2.75) is 51.0 Å². The first-order valence-electron chi connectivity index (χ1n) is 7.45. The van der Waals surface area contributed by atoms with Gasteiger partial charge in [0, 0.05) is 19.1 Å².